The van der Waals surface area contributed by atoms with Gasteiger partial charge in [0.1, 0.15) is 0 Å². The fourth-order valence-electron chi connectivity index (χ4n) is 2.13. The van der Waals surface area contributed by atoms with Gasteiger partial charge in [0.15, 0.2) is 11.6 Å². The number of nitrogens with zero attached hydrogens (tertiary/aromatic N) is 1. The van der Waals surface area contributed by atoms with Gasteiger partial charge in [-0.3, -0.25) is 4.79 Å². The lowest BCUT2D eigenvalue weighted by Crippen LogP contribution is -2.01. The van der Waals surface area contributed by atoms with Crippen LogP contribution in [-0.2, 0) is 0 Å². The lowest BCUT2D eigenvalue weighted by Gasteiger charge is -2.03. The molecule has 5 nitrogen and oxygen atoms in total. The number of anilines is 1. The molecule has 2 aromatic heterocycles. The van der Waals surface area contributed by atoms with Crippen molar-refractivity contribution in [3.05, 3.63) is 58.5 Å². The van der Waals surface area contributed by atoms with Gasteiger partial charge in [0.05, 0.1) is 5.56 Å². The third-order valence-corrected chi connectivity index (χ3v) is 3.07. The first kappa shape index (κ1) is 12.2. The van der Waals surface area contributed by atoms with Gasteiger partial charge in [-0.1, -0.05) is 35.0 Å². The van der Waals surface area contributed by atoms with E-state index in [1.165, 1.54) is 6.07 Å². The molecule has 0 atom stereocenters. The number of benzene rings is 1. The van der Waals surface area contributed by atoms with Crippen LogP contribution in [0.25, 0.3) is 22.5 Å². The van der Waals surface area contributed by atoms with Crippen LogP contribution >= 0.6 is 0 Å². The maximum absolute atomic E-state index is 11.1. The van der Waals surface area contributed by atoms with Crippen molar-refractivity contribution >= 4 is 5.82 Å². The first-order chi connectivity index (χ1) is 9.65. The molecule has 0 aliphatic carbocycles. The number of pyridine rings is 1. The minimum absolute atomic E-state index is 0.168. The number of aromatic nitrogens is 2. The largest absolute Gasteiger partial charge is 0.380 e. The van der Waals surface area contributed by atoms with Gasteiger partial charge in [-0.25, -0.2) is 0 Å². The molecule has 0 unspecified atom stereocenters. The van der Waals surface area contributed by atoms with Crippen LogP contribution in [0.15, 0.2) is 51.9 Å². The highest BCUT2D eigenvalue weighted by Crippen LogP contribution is 2.36. The molecule has 0 amide bonds. The van der Waals surface area contributed by atoms with Crippen LogP contribution in [0.3, 0.4) is 0 Å². The summed E-state index contributed by atoms with van der Waals surface area (Å²) >= 11 is 0. The number of hydrogen-bond acceptors (Lipinski definition) is 4. The highest BCUT2D eigenvalue weighted by molar-refractivity contribution is 5.86. The van der Waals surface area contributed by atoms with Crippen LogP contribution in [0.5, 0.6) is 0 Å². The quantitative estimate of drug-likeness (QED) is 0.747. The molecular formula is C15H13N3O2. The van der Waals surface area contributed by atoms with Gasteiger partial charge in [0.2, 0.25) is 5.56 Å². The second-order valence-electron chi connectivity index (χ2n) is 4.58. The normalized spacial score (nSPS) is 10.7. The third kappa shape index (κ3) is 2.09. The van der Waals surface area contributed by atoms with E-state index < -0.39 is 0 Å². The van der Waals surface area contributed by atoms with E-state index in [0.717, 1.165) is 22.3 Å². The zero-order valence-electron chi connectivity index (χ0n) is 10.9. The van der Waals surface area contributed by atoms with Crippen molar-refractivity contribution in [1.29, 1.82) is 0 Å². The number of nitrogens with two attached hydrogens (primary N) is 1. The molecule has 5 heteroatoms. The predicted octanol–water partition coefficient (Wildman–Crippen LogP) is 2.59. The molecular weight excluding hydrogens is 254 g/mol. The molecule has 3 N–H and O–H groups in total. The van der Waals surface area contributed by atoms with Crippen LogP contribution in [-0.4, -0.2) is 10.1 Å². The van der Waals surface area contributed by atoms with Gasteiger partial charge < -0.3 is 15.2 Å². The van der Waals surface area contributed by atoms with Crippen molar-refractivity contribution < 1.29 is 4.52 Å². The molecule has 0 saturated heterocycles. The van der Waals surface area contributed by atoms with Crippen LogP contribution in [0, 0.1) is 6.92 Å². The number of aromatic amines is 1. The number of hydrogen-bond donors (Lipinski definition) is 2. The first-order valence-electron chi connectivity index (χ1n) is 6.16. The zero-order valence-corrected chi connectivity index (χ0v) is 10.9. The Hall–Kier alpha value is -2.82. The van der Waals surface area contributed by atoms with Crippen LogP contribution < -0.4 is 11.3 Å². The highest BCUT2D eigenvalue weighted by atomic mass is 16.5. The van der Waals surface area contributed by atoms with E-state index in [1.807, 2.05) is 31.2 Å². The van der Waals surface area contributed by atoms with E-state index >= 15 is 0 Å². The van der Waals surface area contributed by atoms with Gasteiger partial charge in [-0.05, 0) is 18.6 Å². The Kier molecular flexibility index (Phi) is 2.87. The summed E-state index contributed by atoms with van der Waals surface area (Å²) in [6.45, 7) is 2.01. The van der Waals surface area contributed by atoms with Crippen LogP contribution in [0.2, 0.25) is 0 Å². The topological polar surface area (TPSA) is 84.9 Å². The van der Waals surface area contributed by atoms with E-state index in [0.29, 0.717) is 11.6 Å². The van der Waals surface area contributed by atoms with Crippen molar-refractivity contribution in [3.63, 3.8) is 0 Å². The van der Waals surface area contributed by atoms with E-state index in [4.69, 9.17) is 10.3 Å². The Morgan fingerprint density at radius 3 is 2.75 bits per heavy atom. The number of rotatable bonds is 2. The minimum Gasteiger partial charge on any atom is -0.380 e. The van der Waals surface area contributed by atoms with Crippen molar-refractivity contribution in [3.8, 4) is 22.5 Å². The van der Waals surface area contributed by atoms with Gasteiger partial charge in [0, 0.05) is 17.8 Å². The summed E-state index contributed by atoms with van der Waals surface area (Å²) in [5.74, 6) is 0.876. The first-order valence-corrected chi connectivity index (χ1v) is 6.16. The molecule has 0 saturated carbocycles. The molecule has 0 spiro atoms. The number of aryl methyl sites for hydroxylation is 1. The molecule has 3 aromatic rings. The molecule has 100 valence electrons. The Morgan fingerprint density at radius 1 is 1.20 bits per heavy atom. The predicted molar refractivity (Wildman–Crippen MR) is 77.1 cm³/mol. The van der Waals surface area contributed by atoms with Crippen molar-refractivity contribution in [1.82, 2.24) is 10.1 Å². The van der Waals surface area contributed by atoms with E-state index in [9.17, 15) is 4.79 Å². The average molecular weight is 267 g/mol. The van der Waals surface area contributed by atoms with Crippen LogP contribution in [0.1, 0.15) is 5.56 Å². The fraction of sp³-hybridized carbons (Fsp3) is 0.0667. The zero-order chi connectivity index (χ0) is 14.1. The van der Waals surface area contributed by atoms with Crippen molar-refractivity contribution in [2.45, 2.75) is 6.92 Å². The maximum atomic E-state index is 11.1. The SMILES string of the molecule is Cc1cccc(-c2c(N)noc2-c2ccc(=O)[nH]c2)c1. The monoisotopic (exact) mass is 267 g/mol. The maximum Gasteiger partial charge on any atom is 0.247 e. The third-order valence-electron chi connectivity index (χ3n) is 3.07. The Morgan fingerprint density at radius 2 is 2.05 bits per heavy atom. The Bertz CT molecular complexity index is 797. The summed E-state index contributed by atoms with van der Waals surface area (Å²) in [6.07, 6.45) is 1.58. The smallest absolute Gasteiger partial charge is 0.247 e. The standard InChI is InChI=1S/C15H13N3O2/c1-9-3-2-4-10(7-9)13-14(20-18-15(13)16)11-5-6-12(19)17-8-11/h2-8H,1H3,(H2,16,18)(H,17,19). The summed E-state index contributed by atoms with van der Waals surface area (Å²) in [4.78, 5) is 13.7. The van der Waals surface area contributed by atoms with Gasteiger partial charge in [0.25, 0.3) is 0 Å². The molecule has 3 rings (SSSR count). The number of nitrogens with one attached hydrogen (secondary N) is 1. The van der Waals surface area contributed by atoms with Gasteiger partial charge in [-0.15, -0.1) is 0 Å². The van der Waals surface area contributed by atoms with Crippen molar-refractivity contribution in [2.24, 2.45) is 0 Å². The second kappa shape index (κ2) is 4.70. The van der Waals surface area contributed by atoms with Gasteiger partial charge >= 0.3 is 0 Å². The molecule has 0 bridgehead atoms. The molecule has 0 aliphatic rings. The summed E-state index contributed by atoms with van der Waals surface area (Å²) in [5, 5.41) is 3.83. The molecule has 0 aliphatic heterocycles. The highest BCUT2D eigenvalue weighted by Gasteiger charge is 2.17. The molecule has 0 fully saturated rings. The molecule has 1 aromatic carbocycles. The Balaban J connectivity index is 2.19. The minimum atomic E-state index is -0.168. The second-order valence-corrected chi connectivity index (χ2v) is 4.58. The van der Waals surface area contributed by atoms with Crippen molar-refractivity contribution in [2.75, 3.05) is 5.73 Å². The van der Waals surface area contributed by atoms with E-state index in [1.54, 1.807) is 12.3 Å². The van der Waals surface area contributed by atoms with E-state index in [2.05, 4.69) is 10.1 Å². The lowest BCUT2D eigenvalue weighted by atomic mass is 10.0. The average Bonchev–Trinajstić information content (AvgIpc) is 2.81. The summed E-state index contributed by atoms with van der Waals surface area (Å²) < 4.78 is 5.32. The number of nitrogen functional groups attached to an aromatic ring is 1. The fourth-order valence-corrected chi connectivity index (χ4v) is 2.13. The van der Waals surface area contributed by atoms with Gasteiger partial charge in [-0.2, -0.15) is 0 Å². The molecule has 2 heterocycles. The number of H-pyrrole nitrogens is 1. The summed E-state index contributed by atoms with van der Waals surface area (Å²) in [5.41, 5.74) is 9.27. The molecule has 20 heavy (non-hydrogen) atoms. The van der Waals surface area contributed by atoms with Crippen LogP contribution in [0.4, 0.5) is 5.82 Å². The lowest BCUT2D eigenvalue weighted by molar-refractivity contribution is 0.436. The summed E-state index contributed by atoms with van der Waals surface area (Å²) in [6, 6.07) is 11.0. The van der Waals surface area contributed by atoms with E-state index in [-0.39, 0.29) is 5.56 Å². The summed E-state index contributed by atoms with van der Waals surface area (Å²) in [7, 11) is 0. The molecule has 0 radical (unpaired) electrons. The Labute approximate surface area is 115 Å².